The van der Waals surface area contributed by atoms with Crippen molar-refractivity contribution in [1.82, 2.24) is 5.32 Å². The van der Waals surface area contributed by atoms with Gasteiger partial charge >= 0.3 is 5.97 Å². The van der Waals surface area contributed by atoms with Crippen molar-refractivity contribution in [2.45, 2.75) is 0 Å². The first-order valence-electron chi connectivity index (χ1n) is 8.72. The summed E-state index contributed by atoms with van der Waals surface area (Å²) in [4.78, 5) is 23.5. The summed E-state index contributed by atoms with van der Waals surface area (Å²) in [5.41, 5.74) is 0.839. The molecule has 0 aliphatic rings. The molecule has 0 bridgehead atoms. The normalized spacial score (nSPS) is 9.89. The van der Waals surface area contributed by atoms with Gasteiger partial charge in [-0.15, -0.1) is 0 Å². The van der Waals surface area contributed by atoms with Gasteiger partial charge in [-0.25, -0.2) is 4.79 Å². The number of esters is 1. The summed E-state index contributed by atoms with van der Waals surface area (Å²) >= 11 is 0. The third kappa shape index (κ3) is 4.68. The highest BCUT2D eigenvalue weighted by Gasteiger charge is 2.08. The average molecular weight is 373 g/mol. The number of amides is 1. The van der Waals surface area contributed by atoms with Gasteiger partial charge in [0.2, 0.25) is 0 Å². The third-order valence-electron chi connectivity index (χ3n) is 4.08. The van der Waals surface area contributed by atoms with Gasteiger partial charge in [0.25, 0.3) is 5.91 Å². The second-order valence-electron chi connectivity index (χ2n) is 5.87. The Labute approximate surface area is 163 Å². The molecule has 0 aliphatic carbocycles. The van der Waals surface area contributed by atoms with Gasteiger partial charge in [-0.3, -0.25) is 4.79 Å². The van der Waals surface area contributed by atoms with Gasteiger partial charge in [0.15, 0.2) is 0 Å². The molecule has 0 aromatic heterocycles. The molecule has 5 nitrogen and oxygen atoms in total. The first kappa shape index (κ1) is 19.0. The molecule has 0 heterocycles. The Kier molecular flexibility index (Phi) is 6.27. The van der Waals surface area contributed by atoms with E-state index in [0.717, 1.165) is 16.5 Å². The van der Waals surface area contributed by atoms with Gasteiger partial charge < -0.3 is 14.8 Å². The smallest absolute Gasteiger partial charge is 0.337 e. The average Bonchev–Trinajstić information content (AvgIpc) is 2.75. The van der Waals surface area contributed by atoms with Crippen molar-refractivity contribution in [1.29, 1.82) is 0 Å². The van der Waals surface area contributed by atoms with E-state index < -0.39 is 5.97 Å². The maximum absolute atomic E-state index is 12.1. The second-order valence-corrected chi connectivity index (χ2v) is 5.87. The minimum Gasteiger partial charge on any atom is -0.480 e. The molecular formula is C23H19NO4. The van der Waals surface area contributed by atoms with Crippen LogP contribution < -0.4 is 10.1 Å². The Morgan fingerprint density at radius 3 is 2.39 bits per heavy atom. The van der Waals surface area contributed by atoms with Crippen molar-refractivity contribution in [2.75, 3.05) is 20.3 Å². The Morgan fingerprint density at radius 2 is 1.61 bits per heavy atom. The molecule has 0 atom stereocenters. The predicted molar refractivity (Wildman–Crippen MR) is 107 cm³/mol. The molecule has 0 aliphatic heterocycles. The lowest BCUT2D eigenvalue weighted by atomic mass is 10.1. The van der Waals surface area contributed by atoms with Crippen LogP contribution in [0.15, 0.2) is 66.7 Å². The van der Waals surface area contributed by atoms with Crippen molar-refractivity contribution in [2.24, 2.45) is 0 Å². The molecule has 140 valence electrons. The van der Waals surface area contributed by atoms with Crippen molar-refractivity contribution < 1.29 is 19.1 Å². The van der Waals surface area contributed by atoms with Gasteiger partial charge in [-0.05, 0) is 35.7 Å². The Bertz CT molecular complexity index is 1040. The summed E-state index contributed by atoms with van der Waals surface area (Å²) in [6.07, 6.45) is 0. The quantitative estimate of drug-likeness (QED) is 0.550. The van der Waals surface area contributed by atoms with E-state index in [0.29, 0.717) is 11.1 Å². The molecule has 3 aromatic carbocycles. The maximum Gasteiger partial charge on any atom is 0.337 e. The van der Waals surface area contributed by atoms with E-state index >= 15 is 0 Å². The number of hydrogen-bond acceptors (Lipinski definition) is 4. The van der Waals surface area contributed by atoms with Crippen LogP contribution in [-0.4, -0.2) is 32.1 Å². The highest BCUT2D eigenvalue weighted by atomic mass is 16.5. The number of carbonyl (C=O) groups excluding carboxylic acids is 2. The van der Waals surface area contributed by atoms with Crippen LogP contribution in [0.1, 0.15) is 20.7 Å². The fourth-order valence-corrected chi connectivity index (χ4v) is 2.65. The molecule has 0 saturated carbocycles. The number of methoxy groups -OCH3 is 1. The Hall–Kier alpha value is -3.78. The first-order chi connectivity index (χ1) is 13.7. The molecular weight excluding hydrogens is 354 g/mol. The minimum absolute atomic E-state index is 0.205. The van der Waals surface area contributed by atoms with Crippen LogP contribution in [0.4, 0.5) is 0 Å². The maximum atomic E-state index is 12.1. The first-order valence-corrected chi connectivity index (χ1v) is 8.72. The van der Waals surface area contributed by atoms with Crippen LogP contribution >= 0.6 is 0 Å². The predicted octanol–water partition coefficient (Wildman–Crippen LogP) is 3.44. The highest BCUT2D eigenvalue weighted by molar-refractivity contribution is 5.96. The summed E-state index contributed by atoms with van der Waals surface area (Å²) in [6.45, 7) is 0.439. The molecule has 3 aromatic rings. The van der Waals surface area contributed by atoms with Gasteiger partial charge in [-0.2, -0.15) is 0 Å². The molecule has 1 amide bonds. The molecule has 3 rings (SSSR count). The molecule has 0 fully saturated rings. The summed E-state index contributed by atoms with van der Waals surface area (Å²) < 4.78 is 10.4. The summed E-state index contributed by atoms with van der Waals surface area (Å²) in [5.74, 6) is 5.83. The van der Waals surface area contributed by atoms with E-state index in [1.54, 1.807) is 24.3 Å². The molecule has 0 saturated heterocycles. The van der Waals surface area contributed by atoms with Gasteiger partial charge in [0.1, 0.15) is 12.4 Å². The molecule has 0 radical (unpaired) electrons. The van der Waals surface area contributed by atoms with Crippen LogP contribution in [0.5, 0.6) is 5.75 Å². The van der Waals surface area contributed by atoms with Crippen molar-refractivity contribution in [3.05, 3.63) is 77.9 Å². The Balaban J connectivity index is 1.48. The third-order valence-corrected chi connectivity index (χ3v) is 4.08. The number of hydrogen-bond donors (Lipinski definition) is 1. The van der Waals surface area contributed by atoms with E-state index in [2.05, 4.69) is 21.9 Å². The Morgan fingerprint density at radius 1 is 0.893 bits per heavy atom. The zero-order chi connectivity index (χ0) is 19.8. The van der Waals surface area contributed by atoms with E-state index in [9.17, 15) is 9.59 Å². The number of nitrogens with one attached hydrogen (secondary N) is 1. The second kappa shape index (κ2) is 9.24. The number of fused-ring (bicyclic) bond motifs is 1. The largest absolute Gasteiger partial charge is 0.480 e. The molecule has 28 heavy (non-hydrogen) atoms. The minimum atomic E-state index is -0.441. The molecule has 0 unspecified atom stereocenters. The lowest BCUT2D eigenvalue weighted by molar-refractivity contribution is 0.0600. The zero-order valence-corrected chi connectivity index (χ0v) is 15.4. The summed E-state index contributed by atoms with van der Waals surface area (Å²) in [7, 11) is 1.31. The van der Waals surface area contributed by atoms with Crippen molar-refractivity contribution in [3.8, 4) is 17.6 Å². The van der Waals surface area contributed by atoms with Crippen molar-refractivity contribution in [3.63, 3.8) is 0 Å². The van der Waals surface area contributed by atoms with Crippen LogP contribution in [0.2, 0.25) is 0 Å². The topological polar surface area (TPSA) is 64.6 Å². The van der Waals surface area contributed by atoms with Crippen LogP contribution in [0.3, 0.4) is 0 Å². The van der Waals surface area contributed by atoms with E-state index in [1.165, 1.54) is 7.11 Å². The van der Waals surface area contributed by atoms with E-state index in [-0.39, 0.29) is 19.1 Å². The van der Waals surface area contributed by atoms with Gasteiger partial charge in [0, 0.05) is 10.9 Å². The fourth-order valence-electron chi connectivity index (χ4n) is 2.65. The van der Waals surface area contributed by atoms with E-state index in [1.807, 2.05) is 42.5 Å². The standard InChI is InChI=1S/C23H19NO4/c1-27-23(26)19-13-11-18(12-14-19)22(25)24-15-4-5-16-28-21-10-6-8-17-7-2-3-9-20(17)21/h2-3,6-14H,15-16H2,1H3,(H,24,25). The summed E-state index contributed by atoms with van der Waals surface area (Å²) in [6, 6.07) is 20.1. The molecule has 5 heteroatoms. The van der Waals surface area contributed by atoms with Crippen molar-refractivity contribution >= 4 is 22.6 Å². The fraction of sp³-hybridized carbons (Fsp3) is 0.130. The van der Waals surface area contributed by atoms with Gasteiger partial charge in [0.05, 0.1) is 19.2 Å². The zero-order valence-electron chi connectivity index (χ0n) is 15.4. The number of carbonyl (C=O) groups is 2. The lowest BCUT2D eigenvalue weighted by Gasteiger charge is -2.06. The van der Waals surface area contributed by atoms with Crippen LogP contribution in [0, 0.1) is 11.8 Å². The van der Waals surface area contributed by atoms with Crippen LogP contribution in [-0.2, 0) is 4.74 Å². The molecule has 0 spiro atoms. The highest BCUT2D eigenvalue weighted by Crippen LogP contribution is 2.24. The number of benzene rings is 3. The number of rotatable bonds is 5. The van der Waals surface area contributed by atoms with Crippen LogP contribution in [0.25, 0.3) is 10.8 Å². The number of ether oxygens (including phenoxy) is 2. The molecule has 1 N–H and O–H groups in total. The lowest BCUT2D eigenvalue weighted by Crippen LogP contribution is -2.23. The monoisotopic (exact) mass is 373 g/mol. The van der Waals surface area contributed by atoms with E-state index in [4.69, 9.17) is 4.74 Å². The van der Waals surface area contributed by atoms with Gasteiger partial charge in [-0.1, -0.05) is 48.2 Å². The SMILES string of the molecule is COC(=O)c1ccc(C(=O)NCC#CCOc2cccc3ccccc23)cc1. The summed E-state index contributed by atoms with van der Waals surface area (Å²) in [5, 5.41) is 4.85.